The molecule has 0 atom stereocenters. The Balaban J connectivity index is 1.14. The second kappa shape index (κ2) is 9.49. The molecule has 0 unspecified atom stereocenters. The molecule has 2 aliphatic heterocycles. The van der Waals surface area contributed by atoms with Gasteiger partial charge >= 0.3 is 0 Å². The van der Waals surface area contributed by atoms with Crippen LogP contribution >= 0.6 is 0 Å². The summed E-state index contributed by atoms with van der Waals surface area (Å²) in [4.78, 5) is 23.0. The molecule has 4 heterocycles. The molecule has 3 aromatic rings. The van der Waals surface area contributed by atoms with Crippen LogP contribution in [0.5, 0.6) is 0 Å². The van der Waals surface area contributed by atoms with Gasteiger partial charge in [-0.3, -0.25) is 4.79 Å². The zero-order valence-electron chi connectivity index (χ0n) is 19.1. The van der Waals surface area contributed by atoms with E-state index in [9.17, 15) is 4.79 Å². The lowest BCUT2D eigenvalue weighted by atomic mass is 9.95. The Kier molecular flexibility index (Phi) is 6.30. The summed E-state index contributed by atoms with van der Waals surface area (Å²) in [5.74, 6) is 2.65. The van der Waals surface area contributed by atoms with Crippen molar-refractivity contribution in [2.45, 2.75) is 57.9 Å². The predicted octanol–water partition coefficient (Wildman–Crippen LogP) is 4.44. The summed E-state index contributed by atoms with van der Waals surface area (Å²) in [5.41, 5.74) is 3.63. The number of aromatic nitrogens is 3. The summed E-state index contributed by atoms with van der Waals surface area (Å²) in [5, 5.41) is 1.23. The maximum atomic E-state index is 12.9. The van der Waals surface area contributed by atoms with E-state index in [0.717, 1.165) is 70.5 Å². The number of hydrogen-bond donors (Lipinski definition) is 1. The first kappa shape index (κ1) is 21.3. The van der Waals surface area contributed by atoms with Gasteiger partial charge in [0.2, 0.25) is 5.91 Å². The fraction of sp³-hybridized carbons (Fsp3) is 0.538. The lowest BCUT2D eigenvalue weighted by molar-refractivity contribution is -0.132. The zero-order chi connectivity index (χ0) is 21.9. The number of nitrogens with one attached hydrogen (secondary N) is 1. The molecule has 32 heavy (non-hydrogen) atoms. The molecule has 1 aromatic carbocycles. The van der Waals surface area contributed by atoms with E-state index in [-0.39, 0.29) is 5.91 Å². The summed E-state index contributed by atoms with van der Waals surface area (Å²) in [7, 11) is 0. The first-order valence-electron chi connectivity index (χ1n) is 12.1. The number of ether oxygens (including phenoxy) is 1. The summed E-state index contributed by atoms with van der Waals surface area (Å²) in [6, 6.07) is 8.31. The zero-order valence-corrected chi connectivity index (χ0v) is 19.1. The number of imidazole rings is 1. The third-order valence-electron chi connectivity index (χ3n) is 7.36. The Morgan fingerprint density at radius 3 is 2.75 bits per heavy atom. The van der Waals surface area contributed by atoms with Crippen molar-refractivity contribution < 1.29 is 9.53 Å². The fourth-order valence-corrected chi connectivity index (χ4v) is 5.36. The Labute approximate surface area is 190 Å². The minimum absolute atomic E-state index is 0.287. The first-order chi connectivity index (χ1) is 15.7. The highest BCUT2D eigenvalue weighted by atomic mass is 16.5. The fourth-order valence-electron chi connectivity index (χ4n) is 5.36. The highest BCUT2D eigenvalue weighted by Crippen LogP contribution is 2.29. The SMILES string of the molecule is Cc1cnc(C2CCOCC2)n1CC1CCN(C(=O)CCc2c[nH]c3ccccc23)CC1. The molecule has 0 bridgehead atoms. The average Bonchev–Trinajstić information content (AvgIpc) is 3.42. The molecule has 2 saturated heterocycles. The number of para-hydroxylation sites is 1. The van der Waals surface area contributed by atoms with Crippen molar-refractivity contribution in [2.24, 2.45) is 5.92 Å². The van der Waals surface area contributed by atoms with E-state index in [1.54, 1.807) is 0 Å². The summed E-state index contributed by atoms with van der Waals surface area (Å²) in [6.07, 6.45) is 9.74. The van der Waals surface area contributed by atoms with Gasteiger partial charge in [0.15, 0.2) is 0 Å². The van der Waals surface area contributed by atoms with Gasteiger partial charge in [-0.1, -0.05) is 18.2 Å². The van der Waals surface area contributed by atoms with Crippen LogP contribution in [0.4, 0.5) is 0 Å². The average molecular weight is 435 g/mol. The number of fused-ring (bicyclic) bond motifs is 1. The number of carbonyl (C=O) groups is 1. The number of aromatic amines is 1. The van der Waals surface area contributed by atoms with Gasteiger partial charge in [0.05, 0.1) is 0 Å². The van der Waals surface area contributed by atoms with E-state index < -0.39 is 0 Å². The molecular formula is C26H34N4O2. The van der Waals surface area contributed by atoms with Crippen LogP contribution in [0.25, 0.3) is 10.9 Å². The molecule has 0 aliphatic carbocycles. The van der Waals surface area contributed by atoms with Crippen LogP contribution in [0.2, 0.25) is 0 Å². The summed E-state index contributed by atoms with van der Waals surface area (Å²) < 4.78 is 7.98. The van der Waals surface area contributed by atoms with Crippen molar-refractivity contribution in [1.29, 1.82) is 0 Å². The second-order valence-electron chi connectivity index (χ2n) is 9.44. The van der Waals surface area contributed by atoms with E-state index in [1.807, 2.05) is 18.5 Å². The summed E-state index contributed by atoms with van der Waals surface area (Å²) >= 11 is 0. The van der Waals surface area contributed by atoms with Crippen LogP contribution in [-0.4, -0.2) is 51.6 Å². The molecule has 6 heteroatoms. The van der Waals surface area contributed by atoms with Crippen molar-refractivity contribution in [3.05, 3.63) is 53.7 Å². The Hall–Kier alpha value is -2.60. The monoisotopic (exact) mass is 434 g/mol. The maximum absolute atomic E-state index is 12.9. The molecule has 0 saturated carbocycles. The number of piperidine rings is 1. The molecule has 1 N–H and O–H groups in total. The van der Waals surface area contributed by atoms with Crippen LogP contribution < -0.4 is 0 Å². The minimum Gasteiger partial charge on any atom is -0.381 e. The summed E-state index contributed by atoms with van der Waals surface area (Å²) in [6.45, 7) is 6.62. The van der Waals surface area contributed by atoms with Crippen LogP contribution in [0.15, 0.2) is 36.7 Å². The number of likely N-dealkylation sites (tertiary alicyclic amines) is 1. The normalized spacial score (nSPS) is 18.5. The lowest BCUT2D eigenvalue weighted by Gasteiger charge is -2.33. The van der Waals surface area contributed by atoms with Gasteiger partial charge in [0.1, 0.15) is 5.82 Å². The quantitative estimate of drug-likeness (QED) is 0.624. The molecule has 0 spiro atoms. The van der Waals surface area contributed by atoms with Crippen molar-refractivity contribution in [3.8, 4) is 0 Å². The highest BCUT2D eigenvalue weighted by molar-refractivity contribution is 5.84. The number of nitrogens with zero attached hydrogens (tertiary/aromatic N) is 3. The van der Waals surface area contributed by atoms with Gasteiger partial charge < -0.3 is 19.2 Å². The predicted molar refractivity (Wildman–Crippen MR) is 126 cm³/mol. The third-order valence-corrected chi connectivity index (χ3v) is 7.36. The molecular weight excluding hydrogens is 400 g/mol. The number of amides is 1. The number of hydrogen-bond acceptors (Lipinski definition) is 3. The Bertz CT molecular complexity index is 1050. The Morgan fingerprint density at radius 1 is 1.16 bits per heavy atom. The van der Waals surface area contributed by atoms with Gasteiger partial charge in [-0.05, 0) is 56.6 Å². The van der Waals surface area contributed by atoms with Gasteiger partial charge in [0.25, 0.3) is 0 Å². The van der Waals surface area contributed by atoms with Gasteiger partial charge in [0, 0.05) is 74.2 Å². The van der Waals surface area contributed by atoms with Crippen molar-refractivity contribution in [1.82, 2.24) is 19.4 Å². The molecule has 5 rings (SSSR count). The van der Waals surface area contributed by atoms with E-state index in [1.165, 1.54) is 22.5 Å². The molecule has 1 amide bonds. The standard InChI is InChI=1S/C26H34N4O2/c1-19-16-28-26(21-10-14-32-15-11-21)30(19)18-20-8-12-29(13-9-20)25(31)7-6-22-17-27-24-5-3-2-4-23(22)24/h2-5,16-17,20-21,27H,6-15,18H2,1H3. The number of rotatable bonds is 6. The van der Waals surface area contributed by atoms with Crippen LogP contribution in [0.3, 0.4) is 0 Å². The number of carbonyl (C=O) groups excluding carboxylic acids is 1. The van der Waals surface area contributed by atoms with E-state index >= 15 is 0 Å². The lowest BCUT2D eigenvalue weighted by Crippen LogP contribution is -2.39. The van der Waals surface area contributed by atoms with E-state index in [0.29, 0.717) is 18.3 Å². The number of aryl methyl sites for hydroxylation is 2. The molecule has 0 radical (unpaired) electrons. The van der Waals surface area contributed by atoms with Gasteiger partial charge in [-0.15, -0.1) is 0 Å². The Morgan fingerprint density at radius 2 is 1.94 bits per heavy atom. The van der Waals surface area contributed by atoms with Gasteiger partial charge in [-0.2, -0.15) is 0 Å². The highest BCUT2D eigenvalue weighted by Gasteiger charge is 2.26. The van der Waals surface area contributed by atoms with E-state index in [4.69, 9.17) is 9.72 Å². The van der Waals surface area contributed by atoms with E-state index in [2.05, 4.69) is 39.6 Å². The number of benzene rings is 1. The van der Waals surface area contributed by atoms with Crippen molar-refractivity contribution >= 4 is 16.8 Å². The van der Waals surface area contributed by atoms with Crippen LogP contribution in [0.1, 0.15) is 55.1 Å². The minimum atomic E-state index is 0.287. The maximum Gasteiger partial charge on any atom is 0.222 e. The molecule has 170 valence electrons. The molecule has 2 fully saturated rings. The van der Waals surface area contributed by atoms with Crippen LogP contribution in [0, 0.1) is 12.8 Å². The molecule has 6 nitrogen and oxygen atoms in total. The second-order valence-corrected chi connectivity index (χ2v) is 9.44. The van der Waals surface area contributed by atoms with Crippen molar-refractivity contribution in [2.75, 3.05) is 26.3 Å². The van der Waals surface area contributed by atoms with Crippen LogP contribution in [-0.2, 0) is 22.5 Å². The first-order valence-corrected chi connectivity index (χ1v) is 12.1. The topological polar surface area (TPSA) is 63.1 Å². The molecule has 2 aromatic heterocycles. The van der Waals surface area contributed by atoms with Crippen molar-refractivity contribution in [3.63, 3.8) is 0 Å². The third kappa shape index (κ3) is 4.46. The van der Waals surface area contributed by atoms with Gasteiger partial charge in [-0.25, -0.2) is 4.98 Å². The molecule has 2 aliphatic rings. The smallest absolute Gasteiger partial charge is 0.222 e. The number of H-pyrrole nitrogens is 1. The largest absolute Gasteiger partial charge is 0.381 e.